The van der Waals surface area contributed by atoms with Crippen molar-refractivity contribution in [1.29, 1.82) is 0 Å². The summed E-state index contributed by atoms with van der Waals surface area (Å²) in [6, 6.07) is 9.93. The second-order valence-corrected chi connectivity index (χ2v) is 5.40. The van der Waals surface area contributed by atoms with Crippen molar-refractivity contribution in [2.75, 3.05) is 24.8 Å². The summed E-state index contributed by atoms with van der Waals surface area (Å²) in [5.41, 5.74) is 6.99. The number of benzene rings is 1. The normalized spacial score (nSPS) is 10.6. The van der Waals surface area contributed by atoms with Crippen LogP contribution in [0.25, 0.3) is 0 Å². The Morgan fingerprint density at radius 3 is 2.80 bits per heavy atom. The summed E-state index contributed by atoms with van der Waals surface area (Å²) < 4.78 is 6.11. The molecular formula is C14H17BrN4O. The Morgan fingerprint density at radius 2 is 2.10 bits per heavy atom. The van der Waals surface area contributed by atoms with E-state index in [1.165, 1.54) is 5.56 Å². The van der Waals surface area contributed by atoms with Gasteiger partial charge in [0.1, 0.15) is 18.2 Å². The van der Waals surface area contributed by atoms with Crippen LogP contribution in [-0.4, -0.2) is 24.1 Å². The number of nitrogens with two attached hydrogens (primary N) is 1. The first-order valence-electron chi connectivity index (χ1n) is 6.16. The lowest BCUT2D eigenvalue weighted by atomic mass is 10.2. The van der Waals surface area contributed by atoms with Crippen molar-refractivity contribution in [3.63, 3.8) is 0 Å². The van der Waals surface area contributed by atoms with Crippen LogP contribution in [0.2, 0.25) is 0 Å². The summed E-state index contributed by atoms with van der Waals surface area (Å²) in [5.74, 6) is 1.82. The SMILES string of the molecule is COCc1nc(N)cc(N(C)Cc2cccc(Br)c2)n1. The lowest BCUT2D eigenvalue weighted by Crippen LogP contribution is -2.19. The fraction of sp³-hybridized carbons (Fsp3) is 0.286. The van der Waals surface area contributed by atoms with Gasteiger partial charge in [0.05, 0.1) is 0 Å². The van der Waals surface area contributed by atoms with E-state index >= 15 is 0 Å². The Hall–Kier alpha value is -1.66. The van der Waals surface area contributed by atoms with Gasteiger partial charge >= 0.3 is 0 Å². The van der Waals surface area contributed by atoms with Crippen molar-refractivity contribution in [3.05, 3.63) is 46.2 Å². The molecule has 0 saturated heterocycles. The number of aromatic nitrogens is 2. The van der Waals surface area contributed by atoms with Crippen molar-refractivity contribution >= 4 is 27.6 Å². The highest BCUT2D eigenvalue weighted by Crippen LogP contribution is 2.18. The number of rotatable bonds is 5. The van der Waals surface area contributed by atoms with E-state index in [4.69, 9.17) is 10.5 Å². The predicted octanol–water partition coefficient (Wildman–Crippen LogP) is 2.60. The fourth-order valence-electron chi connectivity index (χ4n) is 1.88. The predicted molar refractivity (Wildman–Crippen MR) is 83.4 cm³/mol. The third kappa shape index (κ3) is 3.91. The molecule has 0 aliphatic heterocycles. The van der Waals surface area contributed by atoms with E-state index in [2.05, 4.69) is 38.0 Å². The van der Waals surface area contributed by atoms with E-state index in [0.29, 0.717) is 18.2 Å². The minimum atomic E-state index is 0.350. The van der Waals surface area contributed by atoms with Gasteiger partial charge < -0.3 is 15.4 Å². The smallest absolute Gasteiger partial charge is 0.158 e. The number of methoxy groups -OCH3 is 1. The summed E-state index contributed by atoms with van der Waals surface area (Å²) in [7, 11) is 3.58. The molecule has 0 aliphatic rings. The molecule has 1 aromatic carbocycles. The Morgan fingerprint density at radius 1 is 1.30 bits per heavy atom. The van der Waals surface area contributed by atoms with Gasteiger partial charge in [-0.2, -0.15) is 0 Å². The van der Waals surface area contributed by atoms with Gasteiger partial charge in [0.25, 0.3) is 0 Å². The Labute approximate surface area is 126 Å². The molecule has 5 nitrogen and oxygen atoms in total. The fourth-order valence-corrected chi connectivity index (χ4v) is 2.33. The maximum Gasteiger partial charge on any atom is 0.158 e. The number of nitrogens with zero attached hydrogens (tertiary/aromatic N) is 3. The lowest BCUT2D eigenvalue weighted by molar-refractivity contribution is 0.178. The number of hydrogen-bond acceptors (Lipinski definition) is 5. The van der Waals surface area contributed by atoms with Crippen LogP contribution in [0.15, 0.2) is 34.8 Å². The van der Waals surface area contributed by atoms with Crippen LogP contribution >= 0.6 is 15.9 Å². The van der Waals surface area contributed by atoms with Crippen molar-refractivity contribution < 1.29 is 4.74 Å². The first-order valence-corrected chi connectivity index (χ1v) is 6.95. The molecule has 2 N–H and O–H groups in total. The van der Waals surface area contributed by atoms with Gasteiger partial charge in [-0.15, -0.1) is 0 Å². The van der Waals surface area contributed by atoms with Gasteiger partial charge in [0.15, 0.2) is 5.82 Å². The van der Waals surface area contributed by atoms with Gasteiger partial charge in [-0.3, -0.25) is 0 Å². The average Bonchev–Trinajstić information content (AvgIpc) is 2.38. The Kier molecular flexibility index (Phi) is 4.92. The molecule has 20 heavy (non-hydrogen) atoms. The van der Waals surface area contributed by atoms with Crippen LogP contribution in [0, 0.1) is 0 Å². The molecule has 0 atom stereocenters. The molecule has 0 fully saturated rings. The number of hydrogen-bond donors (Lipinski definition) is 1. The first kappa shape index (κ1) is 14.7. The van der Waals surface area contributed by atoms with E-state index in [1.807, 2.05) is 24.1 Å². The highest BCUT2D eigenvalue weighted by atomic mass is 79.9. The van der Waals surface area contributed by atoms with Crippen LogP contribution < -0.4 is 10.6 Å². The maximum absolute atomic E-state index is 5.80. The third-order valence-corrected chi connectivity index (χ3v) is 3.25. The molecule has 0 unspecified atom stereocenters. The number of ether oxygens (including phenoxy) is 1. The van der Waals surface area contributed by atoms with Crippen LogP contribution in [-0.2, 0) is 17.9 Å². The largest absolute Gasteiger partial charge is 0.384 e. The quantitative estimate of drug-likeness (QED) is 0.909. The lowest BCUT2D eigenvalue weighted by Gasteiger charge is -2.19. The van der Waals surface area contributed by atoms with Gasteiger partial charge in [-0.05, 0) is 17.7 Å². The Balaban J connectivity index is 2.18. The summed E-state index contributed by atoms with van der Waals surface area (Å²) >= 11 is 3.47. The summed E-state index contributed by atoms with van der Waals surface area (Å²) in [6.07, 6.45) is 0. The molecule has 2 aromatic rings. The second-order valence-electron chi connectivity index (χ2n) is 4.49. The highest BCUT2D eigenvalue weighted by molar-refractivity contribution is 9.10. The third-order valence-electron chi connectivity index (χ3n) is 2.75. The minimum absolute atomic E-state index is 0.350. The number of anilines is 2. The molecule has 1 aromatic heterocycles. The van der Waals surface area contributed by atoms with Gasteiger partial charge in [-0.1, -0.05) is 28.1 Å². The van der Waals surface area contributed by atoms with Crippen molar-refractivity contribution in [3.8, 4) is 0 Å². The molecule has 6 heteroatoms. The first-order chi connectivity index (χ1) is 9.58. The summed E-state index contributed by atoms with van der Waals surface area (Å²) in [5, 5.41) is 0. The Bertz CT molecular complexity index is 591. The van der Waals surface area contributed by atoms with Gasteiger partial charge in [0, 0.05) is 31.2 Å². The zero-order valence-electron chi connectivity index (χ0n) is 11.5. The minimum Gasteiger partial charge on any atom is -0.384 e. The van der Waals surface area contributed by atoms with Crippen LogP contribution in [0.3, 0.4) is 0 Å². The van der Waals surface area contributed by atoms with Gasteiger partial charge in [0.2, 0.25) is 0 Å². The average molecular weight is 337 g/mol. The summed E-state index contributed by atoms with van der Waals surface area (Å²) in [6.45, 7) is 1.09. The van der Waals surface area contributed by atoms with Crippen LogP contribution in [0.5, 0.6) is 0 Å². The van der Waals surface area contributed by atoms with E-state index < -0.39 is 0 Å². The zero-order valence-corrected chi connectivity index (χ0v) is 13.1. The van der Waals surface area contributed by atoms with E-state index in [0.717, 1.165) is 16.8 Å². The highest BCUT2D eigenvalue weighted by Gasteiger charge is 2.08. The molecule has 2 rings (SSSR count). The van der Waals surface area contributed by atoms with Crippen LogP contribution in [0.4, 0.5) is 11.6 Å². The molecule has 0 bridgehead atoms. The summed E-state index contributed by atoms with van der Waals surface area (Å²) in [4.78, 5) is 10.6. The van der Waals surface area contributed by atoms with E-state index in [9.17, 15) is 0 Å². The maximum atomic E-state index is 5.80. The van der Waals surface area contributed by atoms with Crippen LogP contribution in [0.1, 0.15) is 11.4 Å². The molecule has 0 aliphatic carbocycles. The molecule has 1 heterocycles. The van der Waals surface area contributed by atoms with E-state index in [-0.39, 0.29) is 0 Å². The molecule has 106 valence electrons. The standard InChI is InChI=1S/C14H17BrN4O/c1-19(8-10-4-3-5-11(15)6-10)14-7-12(16)17-13(18-14)9-20-2/h3-7H,8-9H2,1-2H3,(H2,16,17,18). The second kappa shape index (κ2) is 6.67. The van der Waals surface area contributed by atoms with Gasteiger partial charge in [-0.25, -0.2) is 9.97 Å². The monoisotopic (exact) mass is 336 g/mol. The van der Waals surface area contributed by atoms with Crippen molar-refractivity contribution in [2.24, 2.45) is 0 Å². The molecule has 0 spiro atoms. The topological polar surface area (TPSA) is 64.3 Å². The number of nitrogen functional groups attached to an aromatic ring is 1. The molecule has 0 radical (unpaired) electrons. The molecule has 0 amide bonds. The molecule has 0 saturated carbocycles. The number of halogens is 1. The molecular weight excluding hydrogens is 320 g/mol. The van der Waals surface area contributed by atoms with Crippen molar-refractivity contribution in [1.82, 2.24) is 9.97 Å². The zero-order chi connectivity index (χ0) is 14.5. The van der Waals surface area contributed by atoms with E-state index in [1.54, 1.807) is 13.2 Å². The van der Waals surface area contributed by atoms with Crippen molar-refractivity contribution in [2.45, 2.75) is 13.2 Å².